The highest BCUT2D eigenvalue weighted by atomic mass is 31.2. The average Bonchev–Trinajstić information content (AvgIpc) is 3.16. The molecule has 0 heterocycles. The highest BCUT2D eigenvalue weighted by Crippen LogP contribution is 2.36. The van der Waals surface area contributed by atoms with E-state index in [9.17, 15) is 14.2 Å². The maximum atomic E-state index is 12.4. The van der Waals surface area contributed by atoms with Crippen molar-refractivity contribution >= 4 is 19.8 Å². The number of unbranched alkanes of at least 4 members (excludes halogenated alkanes) is 23. The number of allylic oxidation sites excluding steroid dienone is 8. The number of esters is 2. The van der Waals surface area contributed by atoms with Crippen LogP contribution in [-0.4, -0.2) is 41.0 Å². The summed E-state index contributed by atoms with van der Waals surface area (Å²) in [6.07, 6.45) is 51.2. The predicted octanol–water partition coefficient (Wildman–Crippen LogP) is 13.9. The molecule has 0 radical (unpaired) electrons. The molecule has 0 unspecified atom stereocenters. The Hall–Kier alpha value is -1.99. The van der Waals surface area contributed by atoms with Crippen molar-refractivity contribution < 1.29 is 37.9 Å². The van der Waals surface area contributed by atoms with Gasteiger partial charge in [0.05, 0.1) is 6.61 Å². The highest BCUT2D eigenvalue weighted by molar-refractivity contribution is 7.46. The zero-order chi connectivity index (χ0) is 40.3. The van der Waals surface area contributed by atoms with Crippen LogP contribution in [0.3, 0.4) is 0 Å². The van der Waals surface area contributed by atoms with Crippen molar-refractivity contribution in [1.82, 2.24) is 0 Å². The van der Waals surface area contributed by atoms with Gasteiger partial charge in [-0.1, -0.05) is 197 Å². The first kappa shape index (κ1) is 53.0. The molecule has 2 N–H and O–H groups in total. The zero-order valence-corrected chi connectivity index (χ0v) is 36.2. The number of phosphoric acid groups is 1. The van der Waals surface area contributed by atoms with E-state index in [0.29, 0.717) is 6.42 Å². The minimum atomic E-state index is -4.76. The van der Waals surface area contributed by atoms with E-state index in [-0.39, 0.29) is 19.4 Å². The summed E-state index contributed by atoms with van der Waals surface area (Å²) in [5, 5.41) is 0. The fraction of sp³-hybridized carbons (Fsp3) is 0.783. The Bertz CT molecular complexity index is 1030. The van der Waals surface area contributed by atoms with Crippen molar-refractivity contribution in [3.05, 3.63) is 48.6 Å². The van der Waals surface area contributed by atoms with Gasteiger partial charge in [0.25, 0.3) is 0 Å². The molecule has 0 fully saturated rings. The SMILES string of the molecule is CCC/C=C/C/C=C/C/C=C/C/C=C/CCCCCC(=O)O[C@H](COC(=O)CCCCCCCCCCCCCCCCCCCCCC)COP(=O)(O)O. The lowest BCUT2D eigenvalue weighted by molar-refractivity contribution is -0.161. The van der Waals surface area contributed by atoms with Gasteiger partial charge in [0.15, 0.2) is 6.10 Å². The monoisotopic (exact) mass is 795 g/mol. The molecular weight excluding hydrogens is 711 g/mol. The molecule has 0 amide bonds. The van der Waals surface area contributed by atoms with Gasteiger partial charge in [0, 0.05) is 12.8 Å². The molecule has 0 aromatic heterocycles. The van der Waals surface area contributed by atoms with E-state index in [1.54, 1.807) is 0 Å². The second-order valence-corrected chi connectivity index (χ2v) is 16.3. The lowest BCUT2D eigenvalue weighted by Crippen LogP contribution is -2.29. The molecule has 1 atom stereocenters. The summed E-state index contributed by atoms with van der Waals surface area (Å²) in [4.78, 5) is 42.9. The first-order chi connectivity index (χ1) is 26.8. The Morgan fingerprint density at radius 2 is 0.855 bits per heavy atom. The molecule has 0 spiro atoms. The molecule has 0 aromatic carbocycles. The molecule has 0 aliphatic heterocycles. The number of phosphoric ester groups is 1. The van der Waals surface area contributed by atoms with E-state index in [2.05, 4.69) is 67.0 Å². The summed E-state index contributed by atoms with van der Waals surface area (Å²) in [7, 11) is -4.76. The first-order valence-corrected chi connectivity index (χ1v) is 24.0. The van der Waals surface area contributed by atoms with Crippen LogP contribution in [0.4, 0.5) is 0 Å². The second-order valence-electron chi connectivity index (χ2n) is 15.0. The highest BCUT2D eigenvalue weighted by Gasteiger charge is 2.22. The minimum Gasteiger partial charge on any atom is -0.462 e. The van der Waals surface area contributed by atoms with E-state index in [1.807, 2.05) is 0 Å². The Morgan fingerprint density at radius 1 is 0.473 bits per heavy atom. The number of ether oxygens (including phenoxy) is 2. The summed E-state index contributed by atoms with van der Waals surface area (Å²) < 4.78 is 26.4. The molecule has 320 valence electrons. The summed E-state index contributed by atoms with van der Waals surface area (Å²) in [6.45, 7) is 3.61. The van der Waals surface area contributed by atoms with Gasteiger partial charge in [-0.15, -0.1) is 0 Å². The number of carbonyl (C=O) groups is 2. The van der Waals surface area contributed by atoms with E-state index in [1.165, 1.54) is 116 Å². The van der Waals surface area contributed by atoms with Crippen LogP contribution in [-0.2, 0) is 28.2 Å². The zero-order valence-electron chi connectivity index (χ0n) is 35.3. The van der Waals surface area contributed by atoms with Crippen molar-refractivity contribution in [3.8, 4) is 0 Å². The first-order valence-electron chi connectivity index (χ1n) is 22.4. The maximum Gasteiger partial charge on any atom is 0.469 e. The van der Waals surface area contributed by atoms with Crippen molar-refractivity contribution in [2.45, 2.75) is 219 Å². The maximum absolute atomic E-state index is 12.4. The van der Waals surface area contributed by atoms with Gasteiger partial charge in [-0.25, -0.2) is 4.57 Å². The molecule has 0 saturated heterocycles. The van der Waals surface area contributed by atoms with Crippen LogP contribution in [0.25, 0.3) is 0 Å². The largest absolute Gasteiger partial charge is 0.469 e. The third-order valence-electron chi connectivity index (χ3n) is 9.58. The molecule has 0 rings (SSSR count). The smallest absolute Gasteiger partial charge is 0.462 e. The minimum absolute atomic E-state index is 0.175. The van der Waals surface area contributed by atoms with Gasteiger partial charge in [-0.05, 0) is 51.4 Å². The van der Waals surface area contributed by atoms with E-state index in [0.717, 1.165) is 64.2 Å². The van der Waals surface area contributed by atoms with Crippen molar-refractivity contribution in [2.75, 3.05) is 13.2 Å². The van der Waals surface area contributed by atoms with Crippen LogP contribution in [0.1, 0.15) is 213 Å². The van der Waals surface area contributed by atoms with Crippen LogP contribution < -0.4 is 0 Å². The molecule has 0 saturated carbocycles. The van der Waals surface area contributed by atoms with Gasteiger partial charge in [-0.3, -0.25) is 14.1 Å². The molecule has 9 heteroatoms. The van der Waals surface area contributed by atoms with Crippen LogP contribution >= 0.6 is 7.82 Å². The van der Waals surface area contributed by atoms with E-state index >= 15 is 0 Å². The van der Waals surface area contributed by atoms with Crippen LogP contribution in [0.2, 0.25) is 0 Å². The van der Waals surface area contributed by atoms with Crippen LogP contribution in [0, 0.1) is 0 Å². The molecule has 0 aromatic rings. The number of hydrogen-bond donors (Lipinski definition) is 2. The molecule has 0 aliphatic rings. The Morgan fingerprint density at radius 3 is 1.29 bits per heavy atom. The van der Waals surface area contributed by atoms with Gasteiger partial charge < -0.3 is 19.3 Å². The van der Waals surface area contributed by atoms with Gasteiger partial charge in [0.2, 0.25) is 0 Å². The van der Waals surface area contributed by atoms with Gasteiger partial charge in [0.1, 0.15) is 6.61 Å². The van der Waals surface area contributed by atoms with Gasteiger partial charge in [-0.2, -0.15) is 0 Å². The standard InChI is InChI=1S/C46H83O8P/c1-3-5-7-9-11-13-15-17-19-21-22-23-25-26-28-30-32-34-36-38-40-45(47)52-42-44(43-53-55(49,50)51)54-46(48)41-39-37-35-33-31-29-27-24-20-18-16-14-12-10-8-6-4-2/h8,10,14,16,20,24,29,31,44H,3-7,9,11-13,15,17-19,21-23,25-28,30,32-43H2,1-2H3,(H2,49,50,51)/b10-8+,16-14+,24-20+,31-29+/t44-/m1/s1. The normalized spacial score (nSPS) is 12.9. The molecule has 8 nitrogen and oxygen atoms in total. The summed E-state index contributed by atoms with van der Waals surface area (Å²) in [6, 6.07) is 0. The van der Waals surface area contributed by atoms with E-state index < -0.39 is 32.5 Å². The quantitative estimate of drug-likeness (QED) is 0.0272. The molecular formula is C46H83O8P. The fourth-order valence-corrected chi connectivity index (χ4v) is 6.61. The molecule has 0 bridgehead atoms. The predicted molar refractivity (Wildman–Crippen MR) is 230 cm³/mol. The lowest BCUT2D eigenvalue weighted by Gasteiger charge is -2.18. The van der Waals surface area contributed by atoms with Crippen molar-refractivity contribution in [1.29, 1.82) is 0 Å². The summed E-state index contributed by atoms with van der Waals surface area (Å²) in [5.41, 5.74) is 0. The number of hydrogen-bond acceptors (Lipinski definition) is 6. The average molecular weight is 795 g/mol. The van der Waals surface area contributed by atoms with Gasteiger partial charge >= 0.3 is 19.8 Å². The van der Waals surface area contributed by atoms with Crippen molar-refractivity contribution in [3.63, 3.8) is 0 Å². The molecule has 55 heavy (non-hydrogen) atoms. The third kappa shape index (κ3) is 44.6. The number of carbonyl (C=O) groups excluding carboxylic acids is 2. The summed E-state index contributed by atoms with van der Waals surface area (Å²) >= 11 is 0. The van der Waals surface area contributed by atoms with Crippen LogP contribution in [0.5, 0.6) is 0 Å². The second kappa shape index (κ2) is 41.6. The van der Waals surface area contributed by atoms with Crippen molar-refractivity contribution in [2.24, 2.45) is 0 Å². The number of rotatable bonds is 41. The summed E-state index contributed by atoms with van der Waals surface area (Å²) in [5.74, 6) is -0.915. The Labute approximate surface area is 337 Å². The Balaban J connectivity index is 3.91. The van der Waals surface area contributed by atoms with E-state index in [4.69, 9.17) is 19.3 Å². The van der Waals surface area contributed by atoms with Crippen LogP contribution in [0.15, 0.2) is 48.6 Å². The topological polar surface area (TPSA) is 119 Å². The Kier molecular flexibility index (Phi) is 40.1. The molecule has 0 aliphatic carbocycles. The third-order valence-corrected chi connectivity index (χ3v) is 10.1. The fourth-order valence-electron chi connectivity index (χ4n) is 6.25. The lowest BCUT2D eigenvalue weighted by atomic mass is 10.0.